The summed E-state index contributed by atoms with van der Waals surface area (Å²) in [4.78, 5) is 10.0. The highest BCUT2D eigenvalue weighted by Crippen LogP contribution is 2.15. The first-order valence-electron chi connectivity index (χ1n) is 5.68. The lowest BCUT2D eigenvalue weighted by Crippen LogP contribution is -2.18. The quantitative estimate of drug-likeness (QED) is 0.823. The Morgan fingerprint density at radius 3 is 2.78 bits per heavy atom. The fourth-order valence-electron chi connectivity index (χ4n) is 1.74. The number of rotatable bonds is 3. The van der Waals surface area contributed by atoms with Crippen LogP contribution >= 0.6 is 0 Å². The third-order valence-corrected chi connectivity index (χ3v) is 2.83. The molecule has 4 nitrogen and oxygen atoms in total. The van der Waals surface area contributed by atoms with Gasteiger partial charge in [-0.25, -0.2) is 9.97 Å². The van der Waals surface area contributed by atoms with Gasteiger partial charge in [0.05, 0.1) is 0 Å². The van der Waals surface area contributed by atoms with Crippen LogP contribution < -0.4 is 4.90 Å². The number of anilines is 1. The molecule has 0 fully saturated rings. The lowest BCUT2D eigenvalue weighted by Gasteiger charge is -2.19. The van der Waals surface area contributed by atoms with Crippen molar-refractivity contribution in [2.75, 3.05) is 11.9 Å². The Labute approximate surface area is 107 Å². The van der Waals surface area contributed by atoms with Gasteiger partial charge in [0.25, 0.3) is 0 Å². The van der Waals surface area contributed by atoms with E-state index in [0.717, 1.165) is 12.4 Å². The third-order valence-electron chi connectivity index (χ3n) is 2.83. The average molecular weight is 238 g/mol. The van der Waals surface area contributed by atoms with Gasteiger partial charge < -0.3 is 4.90 Å². The van der Waals surface area contributed by atoms with Crippen molar-refractivity contribution in [2.24, 2.45) is 0 Å². The average Bonchev–Trinajstić information content (AvgIpc) is 2.41. The molecule has 0 saturated carbocycles. The number of hydrogen-bond donors (Lipinski definition) is 0. The molecule has 1 heterocycles. The van der Waals surface area contributed by atoms with Crippen LogP contribution in [0.3, 0.4) is 0 Å². The molecule has 0 radical (unpaired) electrons. The van der Waals surface area contributed by atoms with Crippen LogP contribution in [-0.4, -0.2) is 17.0 Å². The van der Waals surface area contributed by atoms with Crippen molar-refractivity contribution < 1.29 is 0 Å². The van der Waals surface area contributed by atoms with Crippen LogP contribution in [0.1, 0.15) is 16.8 Å². The van der Waals surface area contributed by atoms with E-state index >= 15 is 0 Å². The number of nitriles is 1. The van der Waals surface area contributed by atoms with Gasteiger partial charge in [-0.05, 0) is 18.1 Å². The Hall–Kier alpha value is -2.41. The van der Waals surface area contributed by atoms with Crippen LogP contribution in [0.2, 0.25) is 0 Å². The van der Waals surface area contributed by atoms with Crippen molar-refractivity contribution in [3.05, 3.63) is 53.5 Å². The summed E-state index contributed by atoms with van der Waals surface area (Å²) in [5.74, 6) is 0.754. The van der Waals surface area contributed by atoms with Crippen LogP contribution in [-0.2, 0) is 6.54 Å². The van der Waals surface area contributed by atoms with E-state index < -0.39 is 0 Å². The molecule has 0 N–H and O–H groups in total. The van der Waals surface area contributed by atoms with Gasteiger partial charge in [0.15, 0.2) is 0 Å². The fraction of sp³-hybridized carbons (Fsp3) is 0.214. The summed E-state index contributed by atoms with van der Waals surface area (Å²) in [5, 5.41) is 8.82. The van der Waals surface area contributed by atoms with Gasteiger partial charge in [0.2, 0.25) is 0 Å². The SMILES string of the molecule is Cc1ccccc1CN(C)c1cc(C#N)ncn1. The minimum Gasteiger partial charge on any atom is -0.355 e. The summed E-state index contributed by atoms with van der Waals surface area (Å²) in [6.45, 7) is 2.85. The standard InChI is InChI=1S/C14H14N4/c1-11-5-3-4-6-12(11)9-18(2)14-7-13(8-15)16-10-17-14/h3-7,10H,9H2,1-2H3. The predicted octanol–water partition coefficient (Wildman–Crippen LogP) is 2.29. The van der Waals surface area contributed by atoms with Crippen molar-refractivity contribution in [3.63, 3.8) is 0 Å². The maximum atomic E-state index is 8.82. The molecule has 0 saturated heterocycles. The van der Waals surface area contributed by atoms with Crippen LogP contribution in [0.15, 0.2) is 36.7 Å². The van der Waals surface area contributed by atoms with Crippen molar-refractivity contribution in [3.8, 4) is 6.07 Å². The molecule has 1 aromatic carbocycles. The molecular weight excluding hydrogens is 224 g/mol. The van der Waals surface area contributed by atoms with Crippen molar-refractivity contribution >= 4 is 5.82 Å². The molecule has 0 bridgehead atoms. The highest BCUT2D eigenvalue weighted by molar-refractivity contribution is 5.42. The summed E-state index contributed by atoms with van der Waals surface area (Å²) in [7, 11) is 1.95. The van der Waals surface area contributed by atoms with E-state index in [4.69, 9.17) is 5.26 Å². The first-order valence-corrected chi connectivity index (χ1v) is 5.68. The Kier molecular flexibility index (Phi) is 3.54. The number of nitrogens with zero attached hydrogens (tertiary/aromatic N) is 4. The summed E-state index contributed by atoms with van der Waals surface area (Å²) in [5.41, 5.74) is 2.88. The van der Waals surface area contributed by atoms with Gasteiger partial charge in [-0.3, -0.25) is 0 Å². The zero-order valence-corrected chi connectivity index (χ0v) is 10.5. The highest BCUT2D eigenvalue weighted by atomic mass is 15.2. The smallest absolute Gasteiger partial charge is 0.145 e. The van der Waals surface area contributed by atoms with E-state index in [1.54, 1.807) is 6.07 Å². The minimum atomic E-state index is 0.386. The molecule has 0 aliphatic heterocycles. The first-order chi connectivity index (χ1) is 8.70. The van der Waals surface area contributed by atoms with E-state index in [1.807, 2.05) is 30.1 Å². The van der Waals surface area contributed by atoms with Crippen LogP contribution in [0.4, 0.5) is 5.82 Å². The summed E-state index contributed by atoms with van der Waals surface area (Å²) in [6, 6.07) is 11.9. The van der Waals surface area contributed by atoms with Gasteiger partial charge in [0, 0.05) is 19.7 Å². The lowest BCUT2D eigenvalue weighted by molar-refractivity contribution is 0.882. The van der Waals surface area contributed by atoms with Gasteiger partial charge in [-0.1, -0.05) is 24.3 Å². The van der Waals surface area contributed by atoms with Crippen molar-refractivity contribution in [2.45, 2.75) is 13.5 Å². The van der Waals surface area contributed by atoms with E-state index in [1.165, 1.54) is 17.5 Å². The van der Waals surface area contributed by atoms with Gasteiger partial charge in [-0.2, -0.15) is 5.26 Å². The highest BCUT2D eigenvalue weighted by Gasteiger charge is 2.06. The lowest BCUT2D eigenvalue weighted by atomic mass is 10.1. The van der Waals surface area contributed by atoms with E-state index in [2.05, 4.69) is 29.0 Å². The van der Waals surface area contributed by atoms with Crippen LogP contribution in [0, 0.1) is 18.3 Å². The molecule has 0 aliphatic rings. The topological polar surface area (TPSA) is 52.8 Å². The summed E-state index contributed by atoms with van der Waals surface area (Å²) >= 11 is 0. The monoisotopic (exact) mass is 238 g/mol. The van der Waals surface area contributed by atoms with Crippen molar-refractivity contribution in [1.82, 2.24) is 9.97 Å². The Bertz CT molecular complexity index is 586. The molecule has 18 heavy (non-hydrogen) atoms. The van der Waals surface area contributed by atoms with Crippen LogP contribution in [0.5, 0.6) is 0 Å². The van der Waals surface area contributed by atoms with Gasteiger partial charge >= 0.3 is 0 Å². The van der Waals surface area contributed by atoms with Gasteiger partial charge in [-0.15, -0.1) is 0 Å². The molecule has 0 aliphatic carbocycles. The molecule has 2 aromatic rings. The van der Waals surface area contributed by atoms with Crippen LogP contribution in [0.25, 0.3) is 0 Å². The van der Waals surface area contributed by atoms with Gasteiger partial charge in [0.1, 0.15) is 23.9 Å². The second-order valence-corrected chi connectivity index (χ2v) is 4.16. The molecule has 0 spiro atoms. The predicted molar refractivity (Wildman–Crippen MR) is 70.0 cm³/mol. The summed E-state index contributed by atoms with van der Waals surface area (Å²) < 4.78 is 0. The molecule has 90 valence electrons. The molecular formula is C14H14N4. The minimum absolute atomic E-state index is 0.386. The molecule has 1 aromatic heterocycles. The number of aryl methyl sites for hydroxylation is 1. The Morgan fingerprint density at radius 1 is 1.28 bits per heavy atom. The fourth-order valence-corrected chi connectivity index (χ4v) is 1.74. The largest absolute Gasteiger partial charge is 0.355 e. The molecule has 0 atom stereocenters. The Morgan fingerprint density at radius 2 is 2.06 bits per heavy atom. The van der Waals surface area contributed by atoms with E-state index in [0.29, 0.717) is 5.69 Å². The third kappa shape index (κ3) is 2.64. The first kappa shape index (κ1) is 12.1. The van der Waals surface area contributed by atoms with E-state index in [9.17, 15) is 0 Å². The second kappa shape index (κ2) is 5.28. The number of benzene rings is 1. The zero-order chi connectivity index (χ0) is 13.0. The normalized spacial score (nSPS) is 9.83. The molecule has 4 heteroatoms. The molecule has 0 amide bonds. The Balaban J connectivity index is 2.20. The maximum Gasteiger partial charge on any atom is 0.145 e. The number of hydrogen-bond acceptors (Lipinski definition) is 4. The summed E-state index contributed by atoms with van der Waals surface area (Å²) in [6.07, 6.45) is 1.42. The van der Waals surface area contributed by atoms with Crippen molar-refractivity contribution in [1.29, 1.82) is 5.26 Å². The van der Waals surface area contributed by atoms with E-state index in [-0.39, 0.29) is 0 Å². The molecule has 2 rings (SSSR count). The maximum absolute atomic E-state index is 8.82. The second-order valence-electron chi connectivity index (χ2n) is 4.16. The number of aromatic nitrogens is 2. The molecule has 0 unspecified atom stereocenters. The zero-order valence-electron chi connectivity index (χ0n) is 10.5.